The molecule has 0 atom stereocenters. The molecule has 0 amide bonds. The lowest BCUT2D eigenvalue weighted by atomic mass is 10.1. The molecule has 0 saturated carbocycles. The zero-order valence-corrected chi connectivity index (χ0v) is 10.1. The van der Waals surface area contributed by atoms with Gasteiger partial charge in [0.1, 0.15) is 6.07 Å². The van der Waals surface area contributed by atoms with Gasteiger partial charge in [0.25, 0.3) is 0 Å². The molecule has 3 rings (SSSR count). The van der Waals surface area contributed by atoms with Gasteiger partial charge in [-0.25, -0.2) is 0 Å². The molecule has 0 spiro atoms. The van der Waals surface area contributed by atoms with Gasteiger partial charge in [0.2, 0.25) is 0 Å². The van der Waals surface area contributed by atoms with Crippen molar-refractivity contribution in [1.82, 2.24) is 4.57 Å². The highest BCUT2D eigenvalue weighted by molar-refractivity contribution is 5.85. The van der Waals surface area contributed by atoms with Gasteiger partial charge in [-0.2, -0.15) is 5.26 Å². The SMILES string of the molecule is Cc1cccc2ccn(-c3ccccc3C#N)c12. The molecule has 0 N–H and O–H groups in total. The molecule has 1 heterocycles. The minimum Gasteiger partial charge on any atom is -0.315 e. The third kappa shape index (κ3) is 1.49. The van der Waals surface area contributed by atoms with E-state index < -0.39 is 0 Å². The molecule has 2 nitrogen and oxygen atoms in total. The summed E-state index contributed by atoms with van der Waals surface area (Å²) in [4.78, 5) is 0. The Morgan fingerprint density at radius 2 is 1.83 bits per heavy atom. The van der Waals surface area contributed by atoms with Gasteiger partial charge >= 0.3 is 0 Å². The molecule has 2 aromatic carbocycles. The van der Waals surface area contributed by atoms with Gasteiger partial charge in [-0.3, -0.25) is 0 Å². The minimum atomic E-state index is 0.693. The Morgan fingerprint density at radius 1 is 1.00 bits per heavy atom. The van der Waals surface area contributed by atoms with Crippen molar-refractivity contribution in [3.05, 3.63) is 65.9 Å². The molecule has 0 bridgehead atoms. The average molecular weight is 232 g/mol. The summed E-state index contributed by atoms with van der Waals surface area (Å²) in [7, 11) is 0. The van der Waals surface area contributed by atoms with E-state index in [0.717, 1.165) is 5.69 Å². The maximum Gasteiger partial charge on any atom is 0.101 e. The molecule has 86 valence electrons. The van der Waals surface area contributed by atoms with E-state index in [0.29, 0.717) is 5.56 Å². The van der Waals surface area contributed by atoms with Gasteiger partial charge in [0, 0.05) is 11.6 Å². The van der Waals surface area contributed by atoms with Crippen LogP contribution in [0.3, 0.4) is 0 Å². The van der Waals surface area contributed by atoms with Crippen molar-refractivity contribution in [2.45, 2.75) is 6.92 Å². The zero-order valence-electron chi connectivity index (χ0n) is 10.1. The van der Waals surface area contributed by atoms with E-state index in [1.165, 1.54) is 16.5 Å². The second-order valence-electron chi connectivity index (χ2n) is 4.33. The zero-order chi connectivity index (χ0) is 12.5. The number of nitrogens with zero attached hydrogens (tertiary/aromatic N) is 2. The fourth-order valence-electron chi connectivity index (χ4n) is 2.35. The van der Waals surface area contributed by atoms with Gasteiger partial charge in [-0.05, 0) is 30.7 Å². The Hall–Kier alpha value is -2.53. The van der Waals surface area contributed by atoms with Gasteiger partial charge in [-0.1, -0.05) is 30.3 Å². The van der Waals surface area contributed by atoms with Crippen LogP contribution in [0.25, 0.3) is 16.6 Å². The summed E-state index contributed by atoms with van der Waals surface area (Å²) in [5, 5.41) is 10.4. The maximum atomic E-state index is 9.20. The molecule has 0 radical (unpaired) electrons. The van der Waals surface area contributed by atoms with E-state index in [2.05, 4.69) is 41.8 Å². The lowest BCUT2D eigenvalue weighted by Crippen LogP contribution is -1.96. The number of aryl methyl sites for hydroxylation is 1. The van der Waals surface area contributed by atoms with E-state index >= 15 is 0 Å². The third-order valence-electron chi connectivity index (χ3n) is 3.20. The Morgan fingerprint density at radius 3 is 2.67 bits per heavy atom. The van der Waals surface area contributed by atoms with Crippen molar-refractivity contribution in [3.63, 3.8) is 0 Å². The van der Waals surface area contributed by atoms with E-state index in [-0.39, 0.29) is 0 Å². The molecule has 0 saturated heterocycles. The molecular weight excluding hydrogens is 220 g/mol. The highest BCUT2D eigenvalue weighted by Crippen LogP contribution is 2.25. The van der Waals surface area contributed by atoms with Crippen LogP contribution in [0.4, 0.5) is 0 Å². The number of para-hydroxylation sites is 2. The van der Waals surface area contributed by atoms with E-state index in [1.54, 1.807) is 0 Å². The summed E-state index contributed by atoms with van der Waals surface area (Å²) in [6.07, 6.45) is 2.02. The summed E-state index contributed by atoms with van der Waals surface area (Å²) >= 11 is 0. The lowest BCUT2D eigenvalue weighted by molar-refractivity contribution is 1.11. The Labute approximate surface area is 106 Å². The molecule has 0 aliphatic rings. The standard InChI is InChI=1S/C16H12N2/c1-12-5-4-7-13-9-10-18(16(12)13)15-8-3-2-6-14(15)11-17/h2-10H,1H3. The van der Waals surface area contributed by atoms with Crippen LogP contribution in [0.2, 0.25) is 0 Å². The van der Waals surface area contributed by atoms with Crippen LogP contribution in [-0.4, -0.2) is 4.57 Å². The van der Waals surface area contributed by atoms with Gasteiger partial charge in [0.05, 0.1) is 16.8 Å². The fraction of sp³-hybridized carbons (Fsp3) is 0.0625. The number of fused-ring (bicyclic) bond motifs is 1. The highest BCUT2D eigenvalue weighted by Gasteiger charge is 2.08. The normalized spacial score (nSPS) is 10.4. The van der Waals surface area contributed by atoms with E-state index in [4.69, 9.17) is 0 Å². The smallest absolute Gasteiger partial charge is 0.101 e. The summed E-state index contributed by atoms with van der Waals surface area (Å²) in [5.41, 5.74) is 4.01. The van der Waals surface area contributed by atoms with Crippen LogP contribution in [0.1, 0.15) is 11.1 Å². The number of benzene rings is 2. The van der Waals surface area contributed by atoms with Gasteiger partial charge < -0.3 is 4.57 Å². The first-order valence-corrected chi connectivity index (χ1v) is 5.87. The second-order valence-corrected chi connectivity index (χ2v) is 4.33. The second kappa shape index (κ2) is 4.05. The summed E-state index contributed by atoms with van der Waals surface area (Å²) < 4.78 is 2.09. The molecule has 0 fully saturated rings. The molecule has 2 heteroatoms. The number of hydrogen-bond donors (Lipinski definition) is 0. The first-order valence-electron chi connectivity index (χ1n) is 5.87. The fourth-order valence-corrected chi connectivity index (χ4v) is 2.35. The molecular formula is C16H12N2. The monoisotopic (exact) mass is 232 g/mol. The van der Waals surface area contributed by atoms with Crippen molar-refractivity contribution in [1.29, 1.82) is 5.26 Å². The first-order chi connectivity index (χ1) is 8.81. The summed E-state index contributed by atoms with van der Waals surface area (Å²) in [6.45, 7) is 2.09. The predicted octanol–water partition coefficient (Wildman–Crippen LogP) is 3.81. The third-order valence-corrected chi connectivity index (χ3v) is 3.20. The van der Waals surface area contributed by atoms with Gasteiger partial charge in [-0.15, -0.1) is 0 Å². The van der Waals surface area contributed by atoms with Crippen LogP contribution < -0.4 is 0 Å². The first kappa shape index (κ1) is 10.6. The Kier molecular flexibility index (Phi) is 2.39. The largest absolute Gasteiger partial charge is 0.315 e. The van der Waals surface area contributed by atoms with Crippen LogP contribution in [0, 0.1) is 18.3 Å². The Balaban J connectivity index is 2.37. The minimum absolute atomic E-state index is 0.693. The van der Waals surface area contributed by atoms with Crippen molar-refractivity contribution >= 4 is 10.9 Å². The molecule has 0 aliphatic heterocycles. The average Bonchev–Trinajstić information content (AvgIpc) is 2.84. The quantitative estimate of drug-likeness (QED) is 0.627. The van der Waals surface area contributed by atoms with Crippen molar-refractivity contribution < 1.29 is 0 Å². The maximum absolute atomic E-state index is 9.20. The van der Waals surface area contributed by atoms with Crippen LogP contribution in [0.15, 0.2) is 54.7 Å². The molecule has 0 unspecified atom stereocenters. The van der Waals surface area contributed by atoms with Crippen molar-refractivity contribution in [3.8, 4) is 11.8 Å². The van der Waals surface area contributed by atoms with Crippen LogP contribution >= 0.6 is 0 Å². The van der Waals surface area contributed by atoms with Gasteiger partial charge in [0.15, 0.2) is 0 Å². The highest BCUT2D eigenvalue weighted by atomic mass is 15.0. The molecule has 0 aliphatic carbocycles. The number of nitriles is 1. The number of aromatic nitrogens is 1. The summed E-state index contributed by atoms with van der Waals surface area (Å²) in [5.74, 6) is 0. The number of rotatable bonds is 1. The number of hydrogen-bond acceptors (Lipinski definition) is 1. The van der Waals surface area contributed by atoms with Crippen molar-refractivity contribution in [2.75, 3.05) is 0 Å². The summed E-state index contributed by atoms with van der Waals surface area (Å²) in [6, 6.07) is 18.2. The molecule has 18 heavy (non-hydrogen) atoms. The predicted molar refractivity (Wildman–Crippen MR) is 72.7 cm³/mol. The molecule has 3 aromatic rings. The topological polar surface area (TPSA) is 28.7 Å². The van der Waals surface area contributed by atoms with E-state index in [1.807, 2.05) is 30.5 Å². The van der Waals surface area contributed by atoms with Crippen molar-refractivity contribution in [2.24, 2.45) is 0 Å². The molecule has 1 aromatic heterocycles. The van der Waals surface area contributed by atoms with Crippen LogP contribution in [-0.2, 0) is 0 Å². The Bertz CT molecular complexity index is 760. The lowest BCUT2D eigenvalue weighted by Gasteiger charge is -2.09. The van der Waals surface area contributed by atoms with Crippen LogP contribution in [0.5, 0.6) is 0 Å². The van der Waals surface area contributed by atoms with E-state index in [9.17, 15) is 5.26 Å².